The van der Waals surface area contributed by atoms with E-state index < -0.39 is 11.9 Å². The molecule has 5 nitrogen and oxygen atoms in total. The number of carbonyl (C=O) groups is 2. The molecule has 5 rings (SSSR count). The van der Waals surface area contributed by atoms with Crippen LogP contribution in [-0.4, -0.2) is 59.5 Å². The number of carbonyl (C=O) groups excluding carboxylic acids is 1. The summed E-state index contributed by atoms with van der Waals surface area (Å²) in [5.41, 5.74) is 1.34. The molecule has 27 heavy (non-hydrogen) atoms. The van der Waals surface area contributed by atoms with E-state index in [2.05, 4.69) is 35.2 Å². The molecule has 4 atom stereocenters. The Kier molecular flexibility index (Phi) is 5.30. The van der Waals surface area contributed by atoms with Crippen LogP contribution in [0.1, 0.15) is 18.4 Å². The number of nitrogens with zero attached hydrogens (tertiary/aromatic N) is 2. The van der Waals surface area contributed by atoms with Gasteiger partial charge < -0.3 is 10.0 Å². The highest BCUT2D eigenvalue weighted by atomic mass is 16.4. The summed E-state index contributed by atoms with van der Waals surface area (Å²) in [4.78, 5) is 29.3. The minimum atomic E-state index is -0.811. The zero-order valence-electron chi connectivity index (χ0n) is 15.7. The average molecular weight is 368 g/mol. The molecule has 3 aliphatic carbocycles. The van der Waals surface area contributed by atoms with Crippen LogP contribution < -0.4 is 0 Å². The Balaban J connectivity index is 1.33. The third-order valence-corrected chi connectivity index (χ3v) is 6.56. The molecule has 1 aromatic rings. The van der Waals surface area contributed by atoms with Crippen molar-refractivity contribution in [2.75, 3.05) is 32.7 Å². The van der Waals surface area contributed by atoms with Gasteiger partial charge in [-0.2, -0.15) is 0 Å². The number of fused-ring (bicyclic) bond motifs is 2. The molecule has 144 valence electrons. The van der Waals surface area contributed by atoms with Gasteiger partial charge in [0.2, 0.25) is 5.91 Å². The van der Waals surface area contributed by atoms with Crippen molar-refractivity contribution in [2.24, 2.45) is 23.7 Å². The molecular formula is C22H28N2O3. The lowest BCUT2D eigenvalue weighted by atomic mass is 9.62. The highest BCUT2D eigenvalue weighted by Crippen LogP contribution is 2.45. The summed E-state index contributed by atoms with van der Waals surface area (Å²) < 4.78 is 0. The molecule has 4 unspecified atom stereocenters. The quantitative estimate of drug-likeness (QED) is 0.810. The van der Waals surface area contributed by atoms with Gasteiger partial charge in [0.25, 0.3) is 0 Å². The maximum atomic E-state index is 13.2. The summed E-state index contributed by atoms with van der Waals surface area (Å²) in [6.45, 7) is 4.15. The first-order chi connectivity index (χ1) is 13.1. The summed E-state index contributed by atoms with van der Waals surface area (Å²) in [6, 6.07) is 10.5. The molecular weight excluding hydrogens is 340 g/mol. The summed E-state index contributed by atoms with van der Waals surface area (Å²) in [5.74, 6) is -1.55. The van der Waals surface area contributed by atoms with Crippen LogP contribution in [0.2, 0.25) is 0 Å². The minimum Gasteiger partial charge on any atom is -0.481 e. The predicted molar refractivity (Wildman–Crippen MR) is 103 cm³/mol. The number of carboxylic acid groups (broad SMARTS) is 1. The van der Waals surface area contributed by atoms with Crippen molar-refractivity contribution < 1.29 is 14.7 Å². The largest absolute Gasteiger partial charge is 0.481 e. The molecule has 1 aromatic carbocycles. The van der Waals surface area contributed by atoms with Crippen LogP contribution in [0.3, 0.4) is 0 Å². The van der Waals surface area contributed by atoms with Crippen molar-refractivity contribution in [2.45, 2.75) is 19.3 Å². The van der Waals surface area contributed by atoms with Crippen LogP contribution in [0.4, 0.5) is 0 Å². The molecule has 0 radical (unpaired) electrons. The van der Waals surface area contributed by atoms with Crippen molar-refractivity contribution in [3.8, 4) is 0 Å². The molecule has 0 aromatic heterocycles. The van der Waals surface area contributed by atoms with Gasteiger partial charge in [0.15, 0.2) is 0 Å². The molecule has 1 heterocycles. The van der Waals surface area contributed by atoms with Crippen molar-refractivity contribution in [3.63, 3.8) is 0 Å². The SMILES string of the molecule is O=C(O)C1C2C=CC(CC2)C1C(=O)N1CCN(CCc2ccccc2)CC1. The van der Waals surface area contributed by atoms with Gasteiger partial charge in [-0.05, 0) is 36.7 Å². The van der Waals surface area contributed by atoms with Crippen molar-refractivity contribution in [3.05, 3.63) is 48.0 Å². The second-order valence-electron chi connectivity index (χ2n) is 8.08. The average Bonchev–Trinajstić information content (AvgIpc) is 2.73. The molecule has 5 heteroatoms. The second kappa shape index (κ2) is 7.85. The van der Waals surface area contributed by atoms with Crippen LogP contribution in [0.25, 0.3) is 0 Å². The number of rotatable bonds is 5. The van der Waals surface area contributed by atoms with Crippen molar-refractivity contribution in [1.29, 1.82) is 0 Å². The van der Waals surface area contributed by atoms with Gasteiger partial charge >= 0.3 is 5.97 Å². The zero-order chi connectivity index (χ0) is 18.8. The normalized spacial score (nSPS) is 30.4. The summed E-state index contributed by atoms with van der Waals surface area (Å²) in [7, 11) is 0. The minimum absolute atomic E-state index is 0.0219. The number of benzene rings is 1. The van der Waals surface area contributed by atoms with Gasteiger partial charge in [-0.25, -0.2) is 0 Å². The Morgan fingerprint density at radius 1 is 0.926 bits per heavy atom. The molecule has 1 saturated heterocycles. The monoisotopic (exact) mass is 368 g/mol. The Morgan fingerprint density at radius 2 is 1.56 bits per heavy atom. The second-order valence-corrected chi connectivity index (χ2v) is 8.08. The van der Waals surface area contributed by atoms with E-state index in [1.807, 2.05) is 17.0 Å². The molecule has 1 aliphatic heterocycles. The molecule has 4 aliphatic rings. The number of hydrogen-bond acceptors (Lipinski definition) is 3. The molecule has 2 bridgehead atoms. The van der Waals surface area contributed by atoms with Gasteiger partial charge in [-0.3, -0.25) is 14.5 Å². The van der Waals surface area contributed by atoms with Crippen LogP contribution >= 0.6 is 0 Å². The van der Waals surface area contributed by atoms with E-state index in [1.54, 1.807) is 0 Å². The van der Waals surface area contributed by atoms with Crippen LogP contribution in [-0.2, 0) is 16.0 Å². The first-order valence-electron chi connectivity index (χ1n) is 10.1. The highest BCUT2D eigenvalue weighted by molar-refractivity contribution is 5.86. The Bertz CT molecular complexity index is 710. The fraction of sp³-hybridized carbons (Fsp3) is 0.545. The first kappa shape index (κ1) is 18.2. The Hall–Kier alpha value is -2.14. The van der Waals surface area contributed by atoms with Gasteiger partial charge in [0.05, 0.1) is 11.8 Å². The number of amides is 1. The van der Waals surface area contributed by atoms with Crippen molar-refractivity contribution >= 4 is 11.9 Å². The molecule has 1 saturated carbocycles. The lowest BCUT2D eigenvalue weighted by molar-refractivity contribution is -0.157. The summed E-state index contributed by atoms with van der Waals surface area (Å²) in [5, 5.41) is 9.69. The number of carboxylic acids is 1. The van der Waals surface area contributed by atoms with E-state index in [4.69, 9.17) is 0 Å². The van der Waals surface area contributed by atoms with Crippen LogP contribution in [0, 0.1) is 23.7 Å². The molecule has 2 fully saturated rings. The fourth-order valence-corrected chi connectivity index (χ4v) is 5.00. The van der Waals surface area contributed by atoms with E-state index >= 15 is 0 Å². The maximum Gasteiger partial charge on any atom is 0.307 e. The van der Waals surface area contributed by atoms with E-state index in [0.29, 0.717) is 13.1 Å². The number of allylic oxidation sites excluding steroid dienone is 2. The Labute approximate surface area is 160 Å². The lowest BCUT2D eigenvalue weighted by Crippen LogP contribution is -2.55. The van der Waals surface area contributed by atoms with Crippen LogP contribution in [0.15, 0.2) is 42.5 Å². The Morgan fingerprint density at radius 3 is 2.15 bits per heavy atom. The fourth-order valence-electron chi connectivity index (χ4n) is 5.00. The third-order valence-electron chi connectivity index (χ3n) is 6.56. The lowest BCUT2D eigenvalue weighted by Gasteiger charge is -2.45. The summed E-state index contributed by atoms with van der Waals surface area (Å²) >= 11 is 0. The predicted octanol–water partition coefficient (Wildman–Crippen LogP) is 2.29. The van der Waals surface area contributed by atoms with Gasteiger partial charge in [-0.15, -0.1) is 0 Å². The molecule has 1 N–H and O–H groups in total. The van der Waals surface area contributed by atoms with Crippen molar-refractivity contribution in [1.82, 2.24) is 9.80 Å². The smallest absolute Gasteiger partial charge is 0.307 e. The van der Waals surface area contributed by atoms with Crippen LogP contribution in [0.5, 0.6) is 0 Å². The summed E-state index contributed by atoms with van der Waals surface area (Å²) in [6.07, 6.45) is 6.98. The number of piperazine rings is 1. The first-order valence-corrected chi connectivity index (χ1v) is 10.1. The van der Waals surface area contributed by atoms with Gasteiger partial charge in [-0.1, -0.05) is 42.5 Å². The molecule has 1 amide bonds. The van der Waals surface area contributed by atoms with Gasteiger partial charge in [0.1, 0.15) is 0 Å². The zero-order valence-corrected chi connectivity index (χ0v) is 15.7. The van der Waals surface area contributed by atoms with E-state index in [0.717, 1.165) is 38.9 Å². The molecule has 0 spiro atoms. The number of hydrogen-bond donors (Lipinski definition) is 1. The van der Waals surface area contributed by atoms with E-state index in [-0.39, 0.29) is 23.7 Å². The highest BCUT2D eigenvalue weighted by Gasteiger charge is 2.49. The standard InChI is InChI=1S/C22H28N2O3/c25-21(19-17-6-8-18(9-7-17)20(19)22(26)27)24-14-12-23(13-15-24)11-10-16-4-2-1-3-5-16/h1-6,8,17-20H,7,9-15H2,(H,26,27). The van der Waals surface area contributed by atoms with E-state index in [1.165, 1.54) is 5.56 Å². The topological polar surface area (TPSA) is 60.9 Å². The maximum absolute atomic E-state index is 13.2. The van der Waals surface area contributed by atoms with Gasteiger partial charge in [0, 0.05) is 32.7 Å². The number of aliphatic carboxylic acids is 1. The third kappa shape index (κ3) is 3.79. The van der Waals surface area contributed by atoms with E-state index in [9.17, 15) is 14.7 Å².